The summed E-state index contributed by atoms with van der Waals surface area (Å²) in [6, 6.07) is 7.13. The largest absolute Gasteiger partial charge is 0.462 e. The molecule has 1 amide bonds. The molecule has 0 bridgehead atoms. The summed E-state index contributed by atoms with van der Waals surface area (Å²) in [5, 5.41) is 16.1. The van der Waals surface area contributed by atoms with Crippen LogP contribution in [0.2, 0.25) is 0 Å². The highest BCUT2D eigenvalue weighted by Crippen LogP contribution is 2.35. The molecule has 2 aromatic rings. The molecular formula is C19H22N2O5S. The maximum absolute atomic E-state index is 12.8. The standard InChI is InChI=1S/C19H22N2O5S/c1-5-26-18(23)13-9-12(10-14(11-13)21(24)25)17(22)20-16(19(2,3)4)15-7-6-8-27-15/h6-11,16H,5H2,1-4H3,(H,20,22). The van der Waals surface area contributed by atoms with Gasteiger partial charge in [0.1, 0.15) is 0 Å². The summed E-state index contributed by atoms with van der Waals surface area (Å²) in [7, 11) is 0. The lowest BCUT2D eigenvalue weighted by Gasteiger charge is -2.30. The number of hydrogen-bond acceptors (Lipinski definition) is 6. The number of ether oxygens (including phenoxy) is 1. The molecule has 0 aliphatic carbocycles. The predicted octanol–water partition coefficient (Wildman–Crippen LogP) is 4.35. The molecule has 0 saturated carbocycles. The molecule has 0 spiro atoms. The molecule has 0 aliphatic rings. The minimum Gasteiger partial charge on any atom is -0.462 e. The van der Waals surface area contributed by atoms with Gasteiger partial charge in [0.2, 0.25) is 0 Å². The smallest absolute Gasteiger partial charge is 0.338 e. The summed E-state index contributed by atoms with van der Waals surface area (Å²) in [6.45, 7) is 7.75. The van der Waals surface area contributed by atoms with Gasteiger partial charge in [0.05, 0.1) is 23.1 Å². The van der Waals surface area contributed by atoms with E-state index in [1.165, 1.54) is 17.4 Å². The van der Waals surface area contributed by atoms with E-state index >= 15 is 0 Å². The number of carbonyl (C=O) groups excluding carboxylic acids is 2. The number of hydrogen-bond donors (Lipinski definition) is 1. The first-order valence-corrected chi connectivity index (χ1v) is 9.32. The van der Waals surface area contributed by atoms with Gasteiger partial charge in [0, 0.05) is 22.6 Å². The van der Waals surface area contributed by atoms with Crippen LogP contribution in [0.1, 0.15) is 59.3 Å². The van der Waals surface area contributed by atoms with Gasteiger partial charge >= 0.3 is 5.97 Å². The summed E-state index contributed by atoms with van der Waals surface area (Å²) in [5.74, 6) is -1.20. The summed E-state index contributed by atoms with van der Waals surface area (Å²) in [4.78, 5) is 36.4. The molecule has 0 aliphatic heterocycles. The average Bonchev–Trinajstić information content (AvgIpc) is 3.12. The molecule has 8 heteroatoms. The number of esters is 1. The number of thiophene rings is 1. The lowest BCUT2D eigenvalue weighted by atomic mass is 9.85. The van der Waals surface area contributed by atoms with Crippen LogP contribution >= 0.6 is 11.3 Å². The molecule has 1 aromatic carbocycles. The third-order valence-corrected chi connectivity index (χ3v) is 4.81. The highest BCUT2D eigenvalue weighted by atomic mass is 32.1. The van der Waals surface area contributed by atoms with Crippen molar-refractivity contribution in [2.75, 3.05) is 6.61 Å². The zero-order valence-electron chi connectivity index (χ0n) is 15.6. The predicted molar refractivity (Wildman–Crippen MR) is 103 cm³/mol. The number of nitro groups is 1. The van der Waals surface area contributed by atoms with E-state index in [0.29, 0.717) is 0 Å². The Bertz CT molecular complexity index is 840. The van der Waals surface area contributed by atoms with Crippen LogP contribution < -0.4 is 5.32 Å². The van der Waals surface area contributed by atoms with Gasteiger partial charge in [-0.05, 0) is 29.9 Å². The molecule has 2 rings (SSSR count). The fraction of sp³-hybridized carbons (Fsp3) is 0.368. The third-order valence-electron chi connectivity index (χ3n) is 3.87. The molecule has 1 N–H and O–H groups in total. The SMILES string of the molecule is CCOC(=O)c1cc(C(=O)NC(c2cccs2)C(C)(C)C)cc([N+](=O)[O-])c1. The van der Waals surface area contributed by atoms with Crippen LogP contribution in [0.25, 0.3) is 0 Å². The molecule has 0 radical (unpaired) electrons. The minimum atomic E-state index is -0.708. The van der Waals surface area contributed by atoms with Crippen LogP contribution in [0.4, 0.5) is 5.69 Å². The van der Waals surface area contributed by atoms with Crippen molar-refractivity contribution < 1.29 is 19.2 Å². The molecule has 1 unspecified atom stereocenters. The van der Waals surface area contributed by atoms with Crippen molar-refractivity contribution in [3.8, 4) is 0 Å². The number of nitrogens with zero attached hydrogens (tertiary/aromatic N) is 1. The third kappa shape index (κ3) is 5.13. The minimum absolute atomic E-state index is 0.0281. The zero-order chi connectivity index (χ0) is 20.2. The van der Waals surface area contributed by atoms with Gasteiger partial charge < -0.3 is 10.1 Å². The number of nitrogens with one attached hydrogen (secondary N) is 1. The number of nitro benzene ring substituents is 1. The van der Waals surface area contributed by atoms with Crippen LogP contribution in [-0.2, 0) is 4.74 Å². The Labute approximate surface area is 161 Å². The van der Waals surface area contributed by atoms with Gasteiger partial charge in [-0.25, -0.2) is 4.79 Å². The van der Waals surface area contributed by atoms with Gasteiger partial charge in [-0.15, -0.1) is 11.3 Å². The Balaban J connectivity index is 2.39. The second-order valence-electron chi connectivity index (χ2n) is 7.03. The van der Waals surface area contributed by atoms with Crippen molar-refractivity contribution in [3.63, 3.8) is 0 Å². The lowest BCUT2D eigenvalue weighted by molar-refractivity contribution is -0.384. The summed E-state index contributed by atoms with van der Waals surface area (Å²) in [5.41, 5.74) is -0.600. The molecule has 1 heterocycles. The Morgan fingerprint density at radius 1 is 1.26 bits per heavy atom. The molecular weight excluding hydrogens is 368 g/mol. The van der Waals surface area contributed by atoms with E-state index in [1.54, 1.807) is 6.92 Å². The van der Waals surface area contributed by atoms with Gasteiger partial charge in [-0.1, -0.05) is 26.8 Å². The lowest BCUT2D eigenvalue weighted by Crippen LogP contribution is -2.36. The number of amides is 1. The quantitative estimate of drug-likeness (QED) is 0.449. The maximum atomic E-state index is 12.8. The van der Waals surface area contributed by atoms with E-state index < -0.39 is 16.8 Å². The molecule has 27 heavy (non-hydrogen) atoms. The molecule has 0 saturated heterocycles. The van der Waals surface area contributed by atoms with Crippen molar-refractivity contribution in [2.45, 2.75) is 33.7 Å². The fourth-order valence-electron chi connectivity index (χ4n) is 2.56. The second-order valence-corrected chi connectivity index (χ2v) is 8.01. The number of rotatable bonds is 6. The Kier molecular flexibility index (Phi) is 6.32. The van der Waals surface area contributed by atoms with E-state index in [2.05, 4.69) is 5.32 Å². The highest BCUT2D eigenvalue weighted by Gasteiger charge is 2.29. The van der Waals surface area contributed by atoms with E-state index in [9.17, 15) is 19.7 Å². The Morgan fingerprint density at radius 2 is 1.93 bits per heavy atom. The van der Waals surface area contributed by atoms with Crippen molar-refractivity contribution in [2.24, 2.45) is 5.41 Å². The van der Waals surface area contributed by atoms with Gasteiger partial charge in [-0.2, -0.15) is 0 Å². The Hall–Kier alpha value is -2.74. The number of benzene rings is 1. The van der Waals surface area contributed by atoms with Crippen molar-refractivity contribution in [3.05, 3.63) is 61.8 Å². The molecule has 0 fully saturated rings. The van der Waals surface area contributed by atoms with Crippen LogP contribution in [0.5, 0.6) is 0 Å². The van der Waals surface area contributed by atoms with Crippen LogP contribution in [-0.4, -0.2) is 23.4 Å². The maximum Gasteiger partial charge on any atom is 0.338 e. The number of carbonyl (C=O) groups is 2. The summed E-state index contributed by atoms with van der Waals surface area (Å²) >= 11 is 1.52. The Morgan fingerprint density at radius 3 is 2.44 bits per heavy atom. The van der Waals surface area contributed by atoms with Crippen molar-refractivity contribution in [1.82, 2.24) is 5.32 Å². The first kappa shape index (κ1) is 20.6. The zero-order valence-corrected chi connectivity index (χ0v) is 16.5. The first-order chi connectivity index (χ1) is 12.6. The number of non-ortho nitro benzene ring substituents is 1. The molecule has 1 aromatic heterocycles. The molecule has 144 valence electrons. The van der Waals surface area contributed by atoms with Crippen LogP contribution in [0.3, 0.4) is 0 Å². The van der Waals surface area contributed by atoms with Crippen LogP contribution in [0, 0.1) is 15.5 Å². The molecule has 7 nitrogen and oxygen atoms in total. The van der Waals surface area contributed by atoms with E-state index in [-0.39, 0.29) is 34.9 Å². The average molecular weight is 390 g/mol. The van der Waals surface area contributed by atoms with Crippen molar-refractivity contribution >= 4 is 28.9 Å². The van der Waals surface area contributed by atoms with E-state index in [0.717, 1.165) is 17.0 Å². The fourth-order valence-corrected chi connectivity index (χ4v) is 3.58. The molecule has 1 atom stereocenters. The monoisotopic (exact) mass is 390 g/mol. The van der Waals surface area contributed by atoms with Gasteiger partial charge in [0.15, 0.2) is 0 Å². The topological polar surface area (TPSA) is 98.5 Å². The van der Waals surface area contributed by atoms with E-state index in [4.69, 9.17) is 4.74 Å². The van der Waals surface area contributed by atoms with Crippen LogP contribution in [0.15, 0.2) is 35.7 Å². The van der Waals surface area contributed by atoms with Gasteiger partial charge in [0.25, 0.3) is 11.6 Å². The van der Waals surface area contributed by atoms with Crippen molar-refractivity contribution in [1.29, 1.82) is 0 Å². The normalized spacial score (nSPS) is 12.3. The second kappa shape index (κ2) is 8.30. The summed E-state index contributed by atoms with van der Waals surface area (Å²) in [6.07, 6.45) is 0. The van der Waals surface area contributed by atoms with Gasteiger partial charge in [-0.3, -0.25) is 14.9 Å². The van der Waals surface area contributed by atoms with E-state index in [1.807, 2.05) is 38.3 Å². The first-order valence-electron chi connectivity index (χ1n) is 8.44. The highest BCUT2D eigenvalue weighted by molar-refractivity contribution is 7.10. The summed E-state index contributed by atoms with van der Waals surface area (Å²) < 4.78 is 4.90.